The van der Waals surface area contributed by atoms with Gasteiger partial charge in [0.05, 0.1) is 26.0 Å². The lowest BCUT2D eigenvalue weighted by Gasteiger charge is -2.13. The summed E-state index contributed by atoms with van der Waals surface area (Å²) in [5.74, 6) is 1.61. The Kier molecular flexibility index (Phi) is 4.60. The number of benzene rings is 2. The molecule has 2 aromatic carbocycles. The van der Waals surface area contributed by atoms with Crippen LogP contribution in [0.3, 0.4) is 0 Å². The minimum atomic E-state index is -0.303. The highest BCUT2D eigenvalue weighted by Gasteiger charge is 2.17. The van der Waals surface area contributed by atoms with Gasteiger partial charge >= 0.3 is 0 Å². The maximum absolute atomic E-state index is 6.38. The second-order valence-electron chi connectivity index (χ2n) is 5.02. The fraction of sp³-hybridized carbons (Fsp3) is 0.167. The quantitative estimate of drug-likeness (QED) is 0.773. The minimum absolute atomic E-state index is 0.303. The van der Waals surface area contributed by atoms with Crippen LogP contribution in [0.25, 0.3) is 11.3 Å². The third-order valence-electron chi connectivity index (χ3n) is 3.65. The number of thiazole rings is 1. The molecule has 0 fully saturated rings. The summed E-state index contributed by atoms with van der Waals surface area (Å²) < 4.78 is 10.6. The molecule has 23 heavy (non-hydrogen) atoms. The Balaban J connectivity index is 1.88. The van der Waals surface area contributed by atoms with Crippen LogP contribution in [0.5, 0.6) is 11.5 Å². The summed E-state index contributed by atoms with van der Waals surface area (Å²) >= 11 is 1.55. The van der Waals surface area contributed by atoms with Gasteiger partial charge in [0.25, 0.3) is 0 Å². The molecule has 1 heterocycles. The highest BCUT2D eigenvalue weighted by Crippen LogP contribution is 2.32. The second-order valence-corrected chi connectivity index (χ2v) is 5.91. The topological polar surface area (TPSA) is 57.4 Å². The van der Waals surface area contributed by atoms with Crippen LogP contribution >= 0.6 is 11.3 Å². The van der Waals surface area contributed by atoms with Crippen molar-refractivity contribution in [3.8, 4) is 22.8 Å². The molecule has 3 aromatic rings. The number of hydrogen-bond acceptors (Lipinski definition) is 5. The third kappa shape index (κ3) is 3.21. The molecule has 3 rings (SSSR count). The fourth-order valence-electron chi connectivity index (χ4n) is 2.38. The molecule has 2 N–H and O–H groups in total. The van der Waals surface area contributed by atoms with Gasteiger partial charge in [-0.2, -0.15) is 0 Å². The molecule has 1 aromatic heterocycles. The molecule has 5 heteroatoms. The predicted octanol–water partition coefficient (Wildman–Crippen LogP) is 3.88. The first-order valence-electron chi connectivity index (χ1n) is 7.21. The predicted molar refractivity (Wildman–Crippen MR) is 93.1 cm³/mol. The number of aromatic nitrogens is 1. The van der Waals surface area contributed by atoms with E-state index in [2.05, 4.69) is 4.98 Å². The molecule has 0 aliphatic carbocycles. The van der Waals surface area contributed by atoms with Crippen LogP contribution in [-0.4, -0.2) is 19.2 Å². The molecule has 1 unspecified atom stereocenters. The Labute approximate surface area is 139 Å². The van der Waals surface area contributed by atoms with E-state index in [0.29, 0.717) is 0 Å². The summed E-state index contributed by atoms with van der Waals surface area (Å²) in [4.78, 5) is 4.68. The maximum Gasteiger partial charge on any atom is 0.124 e. The van der Waals surface area contributed by atoms with Crippen LogP contribution in [0.15, 0.2) is 53.9 Å². The van der Waals surface area contributed by atoms with E-state index in [1.54, 1.807) is 25.6 Å². The van der Waals surface area contributed by atoms with Gasteiger partial charge in [-0.1, -0.05) is 18.2 Å². The van der Waals surface area contributed by atoms with Gasteiger partial charge in [0, 0.05) is 16.5 Å². The SMILES string of the molecule is COc1ccc(-c2csc(C(N)c3ccccc3OC)n2)cc1. The summed E-state index contributed by atoms with van der Waals surface area (Å²) in [6, 6.07) is 15.3. The van der Waals surface area contributed by atoms with Crippen molar-refractivity contribution in [2.45, 2.75) is 6.04 Å². The van der Waals surface area contributed by atoms with Gasteiger partial charge in [0.2, 0.25) is 0 Å². The van der Waals surface area contributed by atoms with Crippen molar-refractivity contribution in [3.63, 3.8) is 0 Å². The molecule has 0 saturated carbocycles. The van der Waals surface area contributed by atoms with E-state index in [4.69, 9.17) is 15.2 Å². The van der Waals surface area contributed by atoms with Crippen molar-refractivity contribution in [2.24, 2.45) is 5.73 Å². The average molecular weight is 326 g/mol. The zero-order valence-corrected chi connectivity index (χ0v) is 13.8. The number of para-hydroxylation sites is 1. The third-order valence-corrected chi connectivity index (χ3v) is 4.58. The highest BCUT2D eigenvalue weighted by atomic mass is 32.1. The lowest BCUT2D eigenvalue weighted by Crippen LogP contribution is -2.12. The van der Waals surface area contributed by atoms with Gasteiger partial charge in [0.1, 0.15) is 16.5 Å². The lowest BCUT2D eigenvalue weighted by molar-refractivity contribution is 0.408. The first-order chi connectivity index (χ1) is 11.2. The first kappa shape index (κ1) is 15.5. The molecule has 0 aliphatic rings. The highest BCUT2D eigenvalue weighted by molar-refractivity contribution is 7.10. The second kappa shape index (κ2) is 6.81. The van der Waals surface area contributed by atoms with Crippen molar-refractivity contribution >= 4 is 11.3 Å². The molecular weight excluding hydrogens is 308 g/mol. The van der Waals surface area contributed by atoms with Crippen molar-refractivity contribution in [1.29, 1.82) is 0 Å². The van der Waals surface area contributed by atoms with Crippen molar-refractivity contribution in [2.75, 3.05) is 14.2 Å². The standard InChI is InChI=1S/C18H18N2O2S/c1-21-13-9-7-12(8-10-13)15-11-23-18(20-15)17(19)14-5-3-4-6-16(14)22-2/h3-11,17H,19H2,1-2H3. The smallest absolute Gasteiger partial charge is 0.124 e. The van der Waals surface area contributed by atoms with Crippen LogP contribution in [-0.2, 0) is 0 Å². The Morgan fingerprint density at radius 1 is 1.00 bits per heavy atom. The van der Waals surface area contributed by atoms with E-state index in [9.17, 15) is 0 Å². The van der Waals surface area contributed by atoms with Gasteiger partial charge in [0.15, 0.2) is 0 Å². The summed E-state index contributed by atoms with van der Waals surface area (Å²) in [6.07, 6.45) is 0. The molecule has 0 radical (unpaired) electrons. The van der Waals surface area contributed by atoms with E-state index in [1.807, 2.05) is 53.9 Å². The van der Waals surface area contributed by atoms with Gasteiger partial charge in [-0.15, -0.1) is 11.3 Å². The van der Waals surface area contributed by atoms with E-state index in [-0.39, 0.29) is 6.04 Å². The minimum Gasteiger partial charge on any atom is -0.497 e. The Hall–Kier alpha value is -2.37. The number of methoxy groups -OCH3 is 2. The number of nitrogens with two attached hydrogens (primary N) is 1. The molecule has 118 valence electrons. The summed E-state index contributed by atoms with van der Waals surface area (Å²) in [6.45, 7) is 0. The van der Waals surface area contributed by atoms with E-state index < -0.39 is 0 Å². The van der Waals surface area contributed by atoms with Crippen LogP contribution in [0.1, 0.15) is 16.6 Å². The van der Waals surface area contributed by atoms with Gasteiger partial charge in [-0.3, -0.25) is 0 Å². The summed E-state index contributed by atoms with van der Waals surface area (Å²) in [7, 11) is 3.30. The monoisotopic (exact) mass is 326 g/mol. The zero-order valence-electron chi connectivity index (χ0n) is 13.0. The van der Waals surface area contributed by atoms with E-state index in [0.717, 1.165) is 33.3 Å². The number of rotatable bonds is 5. The average Bonchev–Trinajstić information content (AvgIpc) is 3.11. The number of ether oxygens (including phenoxy) is 2. The van der Waals surface area contributed by atoms with Gasteiger partial charge in [-0.05, 0) is 30.3 Å². The summed E-state index contributed by atoms with van der Waals surface area (Å²) in [5.41, 5.74) is 9.27. The van der Waals surface area contributed by atoms with Crippen molar-refractivity contribution < 1.29 is 9.47 Å². The molecule has 4 nitrogen and oxygen atoms in total. The molecular formula is C18H18N2O2S. The number of nitrogens with zero attached hydrogens (tertiary/aromatic N) is 1. The fourth-order valence-corrected chi connectivity index (χ4v) is 3.23. The molecule has 0 saturated heterocycles. The molecule has 0 aliphatic heterocycles. The molecule has 0 amide bonds. The zero-order chi connectivity index (χ0) is 16.2. The molecule has 0 spiro atoms. The van der Waals surface area contributed by atoms with E-state index >= 15 is 0 Å². The van der Waals surface area contributed by atoms with Crippen molar-refractivity contribution in [1.82, 2.24) is 4.98 Å². The van der Waals surface area contributed by atoms with E-state index in [1.165, 1.54) is 0 Å². The normalized spacial score (nSPS) is 12.0. The molecule has 1 atom stereocenters. The first-order valence-corrected chi connectivity index (χ1v) is 8.09. The van der Waals surface area contributed by atoms with Gasteiger partial charge < -0.3 is 15.2 Å². The largest absolute Gasteiger partial charge is 0.497 e. The van der Waals surface area contributed by atoms with Crippen LogP contribution < -0.4 is 15.2 Å². The van der Waals surface area contributed by atoms with Crippen LogP contribution in [0.2, 0.25) is 0 Å². The lowest BCUT2D eigenvalue weighted by atomic mass is 10.1. The Morgan fingerprint density at radius 3 is 2.43 bits per heavy atom. The maximum atomic E-state index is 6.38. The Bertz CT molecular complexity index is 784. The van der Waals surface area contributed by atoms with Crippen LogP contribution in [0, 0.1) is 0 Å². The molecule has 0 bridgehead atoms. The van der Waals surface area contributed by atoms with Gasteiger partial charge in [-0.25, -0.2) is 4.98 Å². The van der Waals surface area contributed by atoms with Crippen molar-refractivity contribution in [3.05, 3.63) is 64.5 Å². The number of hydrogen-bond donors (Lipinski definition) is 1. The van der Waals surface area contributed by atoms with Crippen LogP contribution in [0.4, 0.5) is 0 Å². The summed E-state index contributed by atoms with van der Waals surface area (Å²) in [5, 5.41) is 2.88. The Morgan fingerprint density at radius 2 is 1.74 bits per heavy atom.